The fourth-order valence-electron chi connectivity index (χ4n) is 2.98. The SMILES string of the molecule is Cc1nc(N2CCOC[C@@H]2C(N)=O)c2c(CC(C)C)csc2n1. The lowest BCUT2D eigenvalue weighted by Gasteiger charge is -2.35. The van der Waals surface area contributed by atoms with Gasteiger partial charge in [-0.3, -0.25) is 4.79 Å². The molecule has 7 heteroatoms. The number of anilines is 1. The molecule has 6 nitrogen and oxygen atoms in total. The number of nitrogens with two attached hydrogens (primary N) is 1. The van der Waals surface area contributed by atoms with Gasteiger partial charge in [-0.05, 0) is 30.2 Å². The first kappa shape index (κ1) is 16.1. The van der Waals surface area contributed by atoms with E-state index in [1.807, 2.05) is 11.8 Å². The maximum absolute atomic E-state index is 11.8. The van der Waals surface area contributed by atoms with Crippen molar-refractivity contribution in [3.8, 4) is 0 Å². The standard InChI is InChI=1S/C16H22N4O2S/c1-9(2)6-11-8-23-16-13(11)15(18-10(3)19-16)20-4-5-22-7-12(20)14(17)21/h8-9,12H,4-7H2,1-3H3,(H2,17,21)/t12-/m1/s1. The van der Waals surface area contributed by atoms with E-state index in [1.165, 1.54) is 5.56 Å². The van der Waals surface area contributed by atoms with Crippen LogP contribution >= 0.6 is 11.3 Å². The number of carbonyl (C=O) groups is 1. The highest BCUT2D eigenvalue weighted by Gasteiger charge is 2.31. The molecule has 124 valence electrons. The van der Waals surface area contributed by atoms with Crippen molar-refractivity contribution in [2.45, 2.75) is 33.2 Å². The molecule has 0 unspecified atom stereocenters. The lowest BCUT2D eigenvalue weighted by Crippen LogP contribution is -2.53. The number of carbonyl (C=O) groups excluding carboxylic acids is 1. The minimum Gasteiger partial charge on any atom is -0.377 e. The van der Waals surface area contributed by atoms with Gasteiger partial charge in [-0.2, -0.15) is 0 Å². The second-order valence-corrected chi connectivity index (χ2v) is 7.18. The molecule has 1 aliphatic heterocycles. The molecule has 1 atom stereocenters. The van der Waals surface area contributed by atoms with Crippen molar-refractivity contribution in [2.75, 3.05) is 24.7 Å². The summed E-state index contributed by atoms with van der Waals surface area (Å²) in [6.45, 7) is 7.75. The zero-order valence-electron chi connectivity index (χ0n) is 13.7. The van der Waals surface area contributed by atoms with Crippen LogP contribution in [0.1, 0.15) is 25.2 Å². The third-order valence-corrected chi connectivity index (χ3v) is 4.88. The highest BCUT2D eigenvalue weighted by atomic mass is 32.1. The average Bonchev–Trinajstić information content (AvgIpc) is 2.88. The van der Waals surface area contributed by atoms with E-state index < -0.39 is 6.04 Å². The highest BCUT2D eigenvalue weighted by Crippen LogP contribution is 2.34. The summed E-state index contributed by atoms with van der Waals surface area (Å²) in [5, 5.41) is 3.21. The molecule has 1 saturated heterocycles. The summed E-state index contributed by atoms with van der Waals surface area (Å²) < 4.78 is 5.43. The van der Waals surface area contributed by atoms with Gasteiger partial charge in [0.25, 0.3) is 0 Å². The van der Waals surface area contributed by atoms with E-state index in [0.717, 1.165) is 22.5 Å². The lowest BCUT2D eigenvalue weighted by molar-refractivity contribution is -0.121. The summed E-state index contributed by atoms with van der Waals surface area (Å²) in [4.78, 5) is 24.0. The summed E-state index contributed by atoms with van der Waals surface area (Å²) in [5.41, 5.74) is 6.81. The van der Waals surface area contributed by atoms with Crippen LogP contribution in [0.5, 0.6) is 0 Å². The van der Waals surface area contributed by atoms with Crippen LogP contribution in [0.2, 0.25) is 0 Å². The van der Waals surface area contributed by atoms with Crippen molar-refractivity contribution in [3.05, 3.63) is 16.8 Å². The van der Waals surface area contributed by atoms with E-state index in [0.29, 0.717) is 31.5 Å². The van der Waals surface area contributed by atoms with Crippen LogP contribution < -0.4 is 10.6 Å². The largest absolute Gasteiger partial charge is 0.377 e. The predicted octanol–water partition coefficient (Wildman–Crippen LogP) is 1.89. The third-order valence-electron chi connectivity index (χ3n) is 3.96. The molecule has 0 spiro atoms. The van der Waals surface area contributed by atoms with Gasteiger partial charge in [-0.15, -0.1) is 11.3 Å². The first-order chi connectivity index (χ1) is 11.0. The van der Waals surface area contributed by atoms with Gasteiger partial charge < -0.3 is 15.4 Å². The maximum atomic E-state index is 11.8. The Morgan fingerprint density at radius 3 is 3.00 bits per heavy atom. The Kier molecular flexibility index (Phi) is 4.50. The highest BCUT2D eigenvalue weighted by molar-refractivity contribution is 7.17. The van der Waals surface area contributed by atoms with E-state index in [2.05, 4.69) is 29.2 Å². The third kappa shape index (κ3) is 3.16. The minimum atomic E-state index is -0.479. The summed E-state index contributed by atoms with van der Waals surface area (Å²) in [5.74, 6) is 1.69. The van der Waals surface area contributed by atoms with Crippen molar-refractivity contribution < 1.29 is 9.53 Å². The number of amides is 1. The van der Waals surface area contributed by atoms with E-state index in [9.17, 15) is 4.79 Å². The molecule has 1 fully saturated rings. The molecule has 0 aromatic carbocycles. The molecule has 23 heavy (non-hydrogen) atoms. The van der Waals surface area contributed by atoms with Crippen molar-refractivity contribution >= 4 is 33.3 Å². The predicted molar refractivity (Wildman–Crippen MR) is 91.8 cm³/mol. The molecule has 3 heterocycles. The number of aromatic nitrogens is 2. The van der Waals surface area contributed by atoms with Crippen LogP contribution in [0, 0.1) is 12.8 Å². The quantitative estimate of drug-likeness (QED) is 0.923. The molecule has 0 aliphatic carbocycles. The number of hydrogen-bond acceptors (Lipinski definition) is 6. The van der Waals surface area contributed by atoms with Crippen molar-refractivity contribution in [3.63, 3.8) is 0 Å². The Labute approximate surface area is 139 Å². The monoisotopic (exact) mass is 334 g/mol. The van der Waals surface area contributed by atoms with Gasteiger partial charge in [0.05, 0.1) is 18.6 Å². The Balaban J connectivity index is 2.14. The lowest BCUT2D eigenvalue weighted by atomic mass is 10.0. The molecule has 3 rings (SSSR count). The molecular weight excluding hydrogens is 312 g/mol. The summed E-state index contributed by atoms with van der Waals surface area (Å²) in [6, 6.07) is -0.479. The van der Waals surface area contributed by atoms with Crippen LogP contribution in [-0.4, -0.2) is 41.7 Å². The number of thiophene rings is 1. The van der Waals surface area contributed by atoms with Crippen LogP contribution in [0.3, 0.4) is 0 Å². The molecule has 0 bridgehead atoms. The molecule has 2 aromatic heterocycles. The molecule has 0 radical (unpaired) electrons. The topological polar surface area (TPSA) is 81.3 Å². The van der Waals surface area contributed by atoms with Gasteiger partial charge in [-0.25, -0.2) is 9.97 Å². The maximum Gasteiger partial charge on any atom is 0.242 e. The number of aryl methyl sites for hydroxylation is 1. The Morgan fingerprint density at radius 1 is 1.52 bits per heavy atom. The van der Waals surface area contributed by atoms with Crippen LogP contribution in [-0.2, 0) is 16.0 Å². The van der Waals surface area contributed by atoms with E-state index in [-0.39, 0.29) is 5.91 Å². The van der Waals surface area contributed by atoms with Crippen LogP contribution in [0.15, 0.2) is 5.38 Å². The second-order valence-electron chi connectivity index (χ2n) is 6.32. The minimum absolute atomic E-state index is 0.309. The van der Waals surface area contributed by atoms with Gasteiger partial charge in [0, 0.05) is 6.54 Å². The normalized spacial score (nSPS) is 18.8. The van der Waals surface area contributed by atoms with Gasteiger partial charge in [0.15, 0.2) is 0 Å². The molecule has 1 amide bonds. The van der Waals surface area contributed by atoms with Crippen molar-refractivity contribution in [2.24, 2.45) is 11.7 Å². The van der Waals surface area contributed by atoms with Gasteiger partial charge in [-0.1, -0.05) is 13.8 Å². The molecular formula is C16H22N4O2S. The number of hydrogen-bond donors (Lipinski definition) is 1. The zero-order valence-corrected chi connectivity index (χ0v) is 14.5. The number of rotatable bonds is 4. The first-order valence-electron chi connectivity index (χ1n) is 7.85. The van der Waals surface area contributed by atoms with E-state index >= 15 is 0 Å². The van der Waals surface area contributed by atoms with Crippen LogP contribution in [0.25, 0.3) is 10.2 Å². The Bertz CT molecular complexity index is 728. The number of primary amides is 1. The van der Waals surface area contributed by atoms with E-state index in [1.54, 1.807) is 11.3 Å². The molecule has 0 saturated carbocycles. The van der Waals surface area contributed by atoms with Gasteiger partial charge in [0.2, 0.25) is 5.91 Å². The number of ether oxygens (including phenoxy) is 1. The average molecular weight is 334 g/mol. The van der Waals surface area contributed by atoms with Crippen molar-refractivity contribution in [1.82, 2.24) is 9.97 Å². The Morgan fingerprint density at radius 2 is 2.30 bits per heavy atom. The second kappa shape index (κ2) is 6.41. The van der Waals surface area contributed by atoms with E-state index in [4.69, 9.17) is 10.5 Å². The van der Waals surface area contributed by atoms with Gasteiger partial charge in [0.1, 0.15) is 22.5 Å². The Hall–Kier alpha value is -1.73. The molecule has 2 aromatic rings. The molecule has 1 aliphatic rings. The smallest absolute Gasteiger partial charge is 0.242 e. The number of nitrogens with zero attached hydrogens (tertiary/aromatic N) is 3. The first-order valence-corrected chi connectivity index (χ1v) is 8.73. The summed E-state index contributed by atoms with van der Waals surface area (Å²) in [6.07, 6.45) is 0.963. The summed E-state index contributed by atoms with van der Waals surface area (Å²) >= 11 is 1.63. The van der Waals surface area contributed by atoms with Crippen molar-refractivity contribution in [1.29, 1.82) is 0 Å². The molecule has 2 N–H and O–H groups in total. The van der Waals surface area contributed by atoms with Crippen LogP contribution in [0.4, 0.5) is 5.82 Å². The van der Waals surface area contributed by atoms with Gasteiger partial charge >= 0.3 is 0 Å². The fourth-order valence-corrected chi connectivity index (χ4v) is 3.97. The zero-order chi connectivity index (χ0) is 16.6. The fraction of sp³-hybridized carbons (Fsp3) is 0.562. The summed E-state index contributed by atoms with van der Waals surface area (Å²) in [7, 11) is 0. The number of morpholine rings is 1. The number of fused-ring (bicyclic) bond motifs is 1.